The lowest BCUT2D eigenvalue weighted by molar-refractivity contribution is -0.143. The SMILES string of the molecule is C=C(/C=C(\C=C(/C)CSC)N=O)OCCCC(=O)OCC. The van der Waals surface area contributed by atoms with Crippen LogP contribution >= 0.6 is 11.8 Å². The van der Waals surface area contributed by atoms with Gasteiger partial charge in [0.05, 0.1) is 13.2 Å². The number of esters is 1. The fourth-order valence-corrected chi connectivity index (χ4v) is 2.01. The maximum atomic E-state index is 11.1. The summed E-state index contributed by atoms with van der Waals surface area (Å²) in [7, 11) is 0. The molecule has 0 aromatic carbocycles. The summed E-state index contributed by atoms with van der Waals surface area (Å²) in [6, 6.07) is 0. The number of allylic oxidation sites excluding steroid dienone is 2. The fraction of sp³-hybridized carbons (Fsp3) is 0.533. The standard InChI is InChI=1S/C15H23NO4S/c1-5-19-15(17)7-6-8-20-13(3)10-14(16-18)9-12(2)11-21-4/h9-10H,3,5-8,11H2,1-2,4H3/b12-9+,14-10+. The van der Waals surface area contributed by atoms with Crippen molar-refractivity contribution in [1.82, 2.24) is 0 Å². The van der Waals surface area contributed by atoms with E-state index in [0.717, 1.165) is 11.3 Å². The van der Waals surface area contributed by atoms with E-state index in [1.165, 1.54) is 6.08 Å². The molecule has 0 aromatic heterocycles. The van der Waals surface area contributed by atoms with Gasteiger partial charge >= 0.3 is 5.97 Å². The smallest absolute Gasteiger partial charge is 0.305 e. The molecule has 0 aliphatic rings. The number of carbonyl (C=O) groups excluding carboxylic acids is 1. The predicted molar refractivity (Wildman–Crippen MR) is 87.0 cm³/mol. The van der Waals surface area contributed by atoms with Crippen LogP contribution in [0.1, 0.15) is 26.7 Å². The van der Waals surface area contributed by atoms with E-state index in [4.69, 9.17) is 9.47 Å². The topological polar surface area (TPSA) is 65.0 Å². The summed E-state index contributed by atoms with van der Waals surface area (Å²) < 4.78 is 10.1. The molecule has 0 aliphatic heterocycles. The number of carbonyl (C=O) groups is 1. The number of hydrogen-bond donors (Lipinski definition) is 0. The lowest BCUT2D eigenvalue weighted by Gasteiger charge is -2.06. The van der Waals surface area contributed by atoms with E-state index < -0.39 is 0 Å². The van der Waals surface area contributed by atoms with Gasteiger partial charge in [-0.1, -0.05) is 12.2 Å². The molecule has 0 atom stereocenters. The third-order valence-electron chi connectivity index (χ3n) is 2.30. The van der Waals surface area contributed by atoms with Crippen LogP contribution in [0.2, 0.25) is 0 Å². The number of rotatable bonds is 11. The minimum atomic E-state index is -0.242. The van der Waals surface area contributed by atoms with Gasteiger partial charge in [0.15, 0.2) is 0 Å². The van der Waals surface area contributed by atoms with Crippen LogP contribution in [0.15, 0.2) is 40.9 Å². The highest BCUT2D eigenvalue weighted by Gasteiger charge is 2.02. The molecule has 0 spiro atoms. The van der Waals surface area contributed by atoms with E-state index >= 15 is 0 Å². The Bertz CT molecular complexity index is 416. The number of thioether (sulfide) groups is 1. The molecule has 0 unspecified atom stereocenters. The molecule has 0 saturated carbocycles. The Kier molecular flexibility index (Phi) is 11.3. The average Bonchev–Trinajstić information content (AvgIpc) is 2.43. The van der Waals surface area contributed by atoms with E-state index in [9.17, 15) is 9.70 Å². The summed E-state index contributed by atoms with van der Waals surface area (Å²) in [4.78, 5) is 21.9. The van der Waals surface area contributed by atoms with Crippen molar-refractivity contribution in [2.45, 2.75) is 26.7 Å². The highest BCUT2D eigenvalue weighted by atomic mass is 32.2. The normalized spacial score (nSPS) is 12.0. The molecule has 0 radical (unpaired) electrons. The van der Waals surface area contributed by atoms with Crippen LogP contribution in [0, 0.1) is 4.91 Å². The van der Waals surface area contributed by atoms with Crippen molar-refractivity contribution in [2.75, 3.05) is 25.2 Å². The second-order valence-electron chi connectivity index (χ2n) is 4.31. The first kappa shape index (κ1) is 19.4. The number of nitroso groups, excluding NO2 is 1. The van der Waals surface area contributed by atoms with Gasteiger partial charge in [-0.15, -0.1) is 4.91 Å². The van der Waals surface area contributed by atoms with E-state index in [1.54, 1.807) is 24.8 Å². The molecule has 118 valence electrons. The Labute approximate surface area is 130 Å². The Morgan fingerprint density at radius 2 is 2.05 bits per heavy atom. The Morgan fingerprint density at radius 1 is 1.33 bits per heavy atom. The predicted octanol–water partition coefficient (Wildman–Crippen LogP) is 3.82. The van der Waals surface area contributed by atoms with E-state index in [1.807, 2.05) is 13.2 Å². The quantitative estimate of drug-likeness (QED) is 0.191. The van der Waals surface area contributed by atoms with Gasteiger partial charge in [0.2, 0.25) is 0 Å². The maximum Gasteiger partial charge on any atom is 0.305 e. The summed E-state index contributed by atoms with van der Waals surface area (Å²) in [6.45, 7) is 8.12. The van der Waals surface area contributed by atoms with Crippen molar-refractivity contribution in [3.63, 3.8) is 0 Å². The molecule has 0 bridgehead atoms. The van der Waals surface area contributed by atoms with Gasteiger partial charge in [-0.05, 0) is 37.8 Å². The molecule has 0 N–H and O–H groups in total. The highest BCUT2D eigenvalue weighted by molar-refractivity contribution is 7.98. The monoisotopic (exact) mass is 313 g/mol. The average molecular weight is 313 g/mol. The molecular formula is C15H23NO4S. The Balaban J connectivity index is 4.20. The zero-order valence-electron chi connectivity index (χ0n) is 12.9. The molecule has 5 nitrogen and oxygen atoms in total. The maximum absolute atomic E-state index is 11.1. The zero-order valence-corrected chi connectivity index (χ0v) is 13.7. The first-order valence-electron chi connectivity index (χ1n) is 6.72. The second kappa shape index (κ2) is 12.2. The molecule has 21 heavy (non-hydrogen) atoms. The van der Waals surface area contributed by atoms with E-state index in [0.29, 0.717) is 31.8 Å². The largest absolute Gasteiger partial charge is 0.494 e. The van der Waals surface area contributed by atoms with Crippen molar-refractivity contribution in [3.8, 4) is 0 Å². The Morgan fingerprint density at radius 3 is 2.62 bits per heavy atom. The number of hydrogen-bond acceptors (Lipinski definition) is 6. The van der Waals surface area contributed by atoms with Crippen LogP contribution in [0.4, 0.5) is 0 Å². The lowest BCUT2D eigenvalue weighted by Crippen LogP contribution is -2.05. The molecule has 6 heteroatoms. The molecular weight excluding hydrogens is 290 g/mol. The van der Waals surface area contributed by atoms with Crippen LogP contribution < -0.4 is 0 Å². The van der Waals surface area contributed by atoms with Gasteiger partial charge in [-0.2, -0.15) is 11.8 Å². The van der Waals surface area contributed by atoms with E-state index in [-0.39, 0.29) is 11.7 Å². The summed E-state index contributed by atoms with van der Waals surface area (Å²) >= 11 is 1.67. The molecule has 0 heterocycles. The fourth-order valence-electron chi connectivity index (χ4n) is 1.48. The number of ether oxygens (including phenoxy) is 2. The first-order valence-corrected chi connectivity index (χ1v) is 8.11. The van der Waals surface area contributed by atoms with Crippen molar-refractivity contribution >= 4 is 17.7 Å². The third-order valence-corrected chi connectivity index (χ3v) is 3.04. The van der Waals surface area contributed by atoms with Crippen molar-refractivity contribution < 1.29 is 14.3 Å². The van der Waals surface area contributed by atoms with Gasteiger partial charge in [0.1, 0.15) is 11.5 Å². The first-order chi connectivity index (χ1) is 10.0. The van der Waals surface area contributed by atoms with Crippen molar-refractivity contribution in [1.29, 1.82) is 0 Å². The van der Waals surface area contributed by atoms with Crippen LogP contribution in [0.25, 0.3) is 0 Å². The van der Waals surface area contributed by atoms with Gasteiger partial charge in [0, 0.05) is 18.2 Å². The van der Waals surface area contributed by atoms with Gasteiger partial charge in [0.25, 0.3) is 0 Å². The molecule has 0 amide bonds. The second-order valence-corrected chi connectivity index (χ2v) is 5.17. The van der Waals surface area contributed by atoms with E-state index in [2.05, 4.69) is 11.8 Å². The minimum absolute atomic E-state index is 0.242. The molecule has 0 aliphatic carbocycles. The summed E-state index contributed by atoms with van der Waals surface area (Å²) in [5.41, 5.74) is 1.32. The van der Waals surface area contributed by atoms with Crippen LogP contribution in [0.3, 0.4) is 0 Å². The van der Waals surface area contributed by atoms with Crippen LogP contribution in [-0.2, 0) is 14.3 Å². The molecule has 0 rings (SSSR count). The summed E-state index contributed by atoms with van der Waals surface area (Å²) in [5, 5.41) is 2.94. The van der Waals surface area contributed by atoms with Gasteiger partial charge in [-0.25, -0.2) is 0 Å². The minimum Gasteiger partial charge on any atom is -0.494 e. The van der Waals surface area contributed by atoms with Gasteiger partial charge in [-0.3, -0.25) is 4.79 Å². The molecule has 0 saturated heterocycles. The summed E-state index contributed by atoms with van der Waals surface area (Å²) in [5.74, 6) is 0.939. The lowest BCUT2D eigenvalue weighted by atomic mass is 10.2. The Hall–Kier alpha value is -1.56. The van der Waals surface area contributed by atoms with Crippen LogP contribution in [-0.4, -0.2) is 31.2 Å². The number of nitrogens with zero attached hydrogens (tertiary/aromatic N) is 1. The molecule has 0 aromatic rings. The molecule has 0 fully saturated rings. The highest BCUT2D eigenvalue weighted by Crippen LogP contribution is 2.11. The third kappa shape index (κ3) is 10.8. The summed E-state index contributed by atoms with van der Waals surface area (Å²) in [6.07, 6.45) is 6.02. The van der Waals surface area contributed by atoms with Gasteiger partial charge < -0.3 is 9.47 Å². The van der Waals surface area contributed by atoms with Crippen LogP contribution in [0.5, 0.6) is 0 Å². The van der Waals surface area contributed by atoms with Crippen molar-refractivity contribution in [2.24, 2.45) is 5.18 Å². The van der Waals surface area contributed by atoms with Crippen molar-refractivity contribution in [3.05, 3.63) is 40.7 Å². The zero-order chi connectivity index (χ0) is 16.1.